The highest BCUT2D eigenvalue weighted by Gasteiger charge is 2.23. The first kappa shape index (κ1) is 15.7. The predicted molar refractivity (Wildman–Crippen MR) is 95.0 cm³/mol. The van der Waals surface area contributed by atoms with Crippen LogP contribution in [0.2, 0.25) is 0 Å². The van der Waals surface area contributed by atoms with Crippen molar-refractivity contribution in [3.05, 3.63) is 78.3 Å². The Bertz CT molecular complexity index is 1130. The van der Waals surface area contributed by atoms with E-state index in [1.165, 1.54) is 0 Å². The minimum absolute atomic E-state index is 0.155. The van der Waals surface area contributed by atoms with E-state index < -0.39 is 9.84 Å². The van der Waals surface area contributed by atoms with Crippen LogP contribution in [0.4, 0.5) is 0 Å². The van der Waals surface area contributed by atoms with E-state index in [9.17, 15) is 8.42 Å². The standard InChI is InChI=1S/C19H16N2O3S/c1-14-7-9-15(10-8-14)25(22,23)13-16-19(17-5-4-12-24-17)20-18-6-2-3-11-21(16)18/h2-12H,13H2,1H3. The van der Waals surface area contributed by atoms with Crippen LogP contribution in [-0.4, -0.2) is 17.8 Å². The van der Waals surface area contributed by atoms with Gasteiger partial charge >= 0.3 is 0 Å². The molecule has 0 radical (unpaired) electrons. The summed E-state index contributed by atoms with van der Waals surface area (Å²) in [6.45, 7) is 1.93. The minimum atomic E-state index is -3.51. The molecule has 0 aliphatic rings. The van der Waals surface area contributed by atoms with Crippen LogP contribution >= 0.6 is 0 Å². The lowest BCUT2D eigenvalue weighted by Gasteiger charge is -2.07. The highest BCUT2D eigenvalue weighted by Crippen LogP contribution is 2.28. The van der Waals surface area contributed by atoms with E-state index in [4.69, 9.17) is 4.42 Å². The Morgan fingerprint density at radius 2 is 1.84 bits per heavy atom. The van der Waals surface area contributed by atoms with Crippen LogP contribution in [0.3, 0.4) is 0 Å². The van der Waals surface area contributed by atoms with Crippen molar-refractivity contribution in [3.63, 3.8) is 0 Å². The van der Waals surface area contributed by atoms with Crippen LogP contribution in [0, 0.1) is 6.92 Å². The zero-order valence-electron chi connectivity index (χ0n) is 13.6. The first-order valence-electron chi connectivity index (χ1n) is 7.84. The molecule has 0 amide bonds. The second-order valence-corrected chi connectivity index (χ2v) is 7.87. The maximum absolute atomic E-state index is 12.9. The van der Waals surface area contributed by atoms with Gasteiger partial charge in [0.15, 0.2) is 15.6 Å². The summed E-state index contributed by atoms with van der Waals surface area (Å²) in [6, 6.07) is 16.0. The van der Waals surface area contributed by atoms with Gasteiger partial charge in [-0.25, -0.2) is 13.4 Å². The molecule has 3 aromatic heterocycles. The van der Waals surface area contributed by atoms with Gasteiger partial charge < -0.3 is 8.82 Å². The van der Waals surface area contributed by atoms with Crippen molar-refractivity contribution in [2.45, 2.75) is 17.6 Å². The summed E-state index contributed by atoms with van der Waals surface area (Å²) < 4.78 is 33.1. The maximum Gasteiger partial charge on any atom is 0.184 e. The fraction of sp³-hybridized carbons (Fsp3) is 0.105. The van der Waals surface area contributed by atoms with Crippen molar-refractivity contribution < 1.29 is 12.8 Å². The lowest BCUT2D eigenvalue weighted by Crippen LogP contribution is -2.08. The molecule has 4 aromatic rings. The molecule has 0 spiro atoms. The van der Waals surface area contributed by atoms with Gasteiger partial charge in [-0.05, 0) is 43.3 Å². The number of hydrogen-bond acceptors (Lipinski definition) is 4. The molecule has 25 heavy (non-hydrogen) atoms. The van der Waals surface area contributed by atoms with Gasteiger partial charge in [-0.1, -0.05) is 23.8 Å². The van der Waals surface area contributed by atoms with Gasteiger partial charge in [-0.15, -0.1) is 0 Å². The van der Waals surface area contributed by atoms with Crippen LogP contribution in [0.15, 0.2) is 76.4 Å². The van der Waals surface area contributed by atoms with Crippen molar-refractivity contribution in [1.29, 1.82) is 0 Å². The Balaban J connectivity index is 1.86. The van der Waals surface area contributed by atoms with Gasteiger partial charge in [0.1, 0.15) is 11.3 Å². The van der Waals surface area contributed by atoms with E-state index in [1.54, 1.807) is 47.1 Å². The molecule has 4 rings (SSSR count). The molecular formula is C19H16N2O3S. The van der Waals surface area contributed by atoms with Crippen molar-refractivity contribution in [3.8, 4) is 11.5 Å². The van der Waals surface area contributed by atoms with Crippen LogP contribution < -0.4 is 0 Å². The molecule has 0 fully saturated rings. The molecule has 1 aromatic carbocycles. The summed E-state index contributed by atoms with van der Waals surface area (Å²) in [7, 11) is -3.51. The number of aryl methyl sites for hydroxylation is 1. The average Bonchev–Trinajstić information content (AvgIpc) is 3.23. The number of aromatic nitrogens is 2. The van der Waals surface area contributed by atoms with Gasteiger partial charge in [-0.3, -0.25) is 0 Å². The normalized spacial score (nSPS) is 11.9. The zero-order chi connectivity index (χ0) is 17.4. The minimum Gasteiger partial charge on any atom is -0.463 e. The number of benzene rings is 1. The smallest absolute Gasteiger partial charge is 0.184 e. The van der Waals surface area contributed by atoms with Crippen molar-refractivity contribution in [2.24, 2.45) is 0 Å². The second-order valence-electron chi connectivity index (χ2n) is 5.89. The summed E-state index contributed by atoms with van der Waals surface area (Å²) >= 11 is 0. The van der Waals surface area contributed by atoms with Crippen molar-refractivity contribution >= 4 is 15.5 Å². The van der Waals surface area contributed by atoms with E-state index in [1.807, 2.05) is 31.3 Å². The fourth-order valence-electron chi connectivity index (χ4n) is 2.80. The van der Waals surface area contributed by atoms with E-state index in [-0.39, 0.29) is 5.75 Å². The summed E-state index contributed by atoms with van der Waals surface area (Å²) in [5, 5.41) is 0. The molecule has 0 unspecified atom stereocenters. The highest BCUT2D eigenvalue weighted by atomic mass is 32.2. The maximum atomic E-state index is 12.9. The van der Waals surface area contributed by atoms with E-state index >= 15 is 0 Å². The lowest BCUT2D eigenvalue weighted by molar-refractivity contribution is 0.579. The second kappa shape index (κ2) is 5.89. The molecule has 6 heteroatoms. The molecule has 0 saturated heterocycles. The predicted octanol–water partition coefficient (Wildman–Crippen LogP) is 3.88. The molecule has 0 saturated carbocycles. The first-order valence-corrected chi connectivity index (χ1v) is 9.49. The Morgan fingerprint density at radius 1 is 1.04 bits per heavy atom. The summed E-state index contributed by atoms with van der Waals surface area (Å²) in [5.74, 6) is 0.398. The van der Waals surface area contributed by atoms with Gasteiger partial charge in [0.05, 0.1) is 22.6 Å². The van der Waals surface area contributed by atoms with E-state index in [0.717, 1.165) is 5.56 Å². The highest BCUT2D eigenvalue weighted by molar-refractivity contribution is 7.90. The van der Waals surface area contributed by atoms with Crippen LogP contribution in [0.25, 0.3) is 17.1 Å². The Hall–Kier alpha value is -2.86. The molecule has 5 nitrogen and oxygen atoms in total. The number of pyridine rings is 1. The van der Waals surface area contributed by atoms with Gasteiger partial charge in [-0.2, -0.15) is 0 Å². The number of nitrogens with zero attached hydrogens (tertiary/aromatic N) is 2. The number of imidazole rings is 1. The van der Waals surface area contributed by atoms with Crippen LogP contribution in [0.1, 0.15) is 11.3 Å². The van der Waals surface area contributed by atoms with Crippen LogP contribution in [-0.2, 0) is 15.6 Å². The molecule has 0 atom stereocenters. The Labute approximate surface area is 145 Å². The Kier molecular flexibility index (Phi) is 3.69. The Morgan fingerprint density at radius 3 is 2.56 bits per heavy atom. The summed E-state index contributed by atoms with van der Waals surface area (Å²) in [6.07, 6.45) is 3.37. The third kappa shape index (κ3) is 2.85. The van der Waals surface area contributed by atoms with Gasteiger partial charge in [0.2, 0.25) is 0 Å². The molecule has 0 bridgehead atoms. The molecule has 3 heterocycles. The molecule has 0 N–H and O–H groups in total. The molecule has 0 aliphatic heterocycles. The molecule has 0 aliphatic carbocycles. The largest absolute Gasteiger partial charge is 0.463 e. The number of furan rings is 1. The summed E-state index contributed by atoms with van der Waals surface area (Å²) in [4.78, 5) is 4.85. The SMILES string of the molecule is Cc1ccc(S(=O)(=O)Cc2c(-c3ccco3)nc3ccccn23)cc1. The van der Waals surface area contributed by atoms with Crippen molar-refractivity contribution in [1.82, 2.24) is 9.38 Å². The van der Waals surface area contributed by atoms with E-state index in [0.29, 0.717) is 27.7 Å². The average molecular weight is 352 g/mol. The monoisotopic (exact) mass is 352 g/mol. The zero-order valence-corrected chi connectivity index (χ0v) is 14.4. The van der Waals surface area contributed by atoms with Crippen molar-refractivity contribution in [2.75, 3.05) is 0 Å². The lowest BCUT2D eigenvalue weighted by atomic mass is 10.2. The fourth-order valence-corrected chi connectivity index (χ4v) is 4.16. The topological polar surface area (TPSA) is 64.6 Å². The van der Waals surface area contributed by atoms with Crippen LogP contribution in [0.5, 0.6) is 0 Å². The number of rotatable bonds is 4. The molecular weight excluding hydrogens is 336 g/mol. The van der Waals surface area contributed by atoms with Gasteiger partial charge in [0.25, 0.3) is 0 Å². The van der Waals surface area contributed by atoms with E-state index in [2.05, 4.69) is 4.98 Å². The first-order chi connectivity index (χ1) is 12.0. The molecule has 126 valence electrons. The third-order valence-electron chi connectivity index (χ3n) is 4.09. The summed E-state index contributed by atoms with van der Waals surface area (Å²) in [5.41, 5.74) is 2.84. The number of sulfone groups is 1. The quantitative estimate of drug-likeness (QED) is 0.559. The van der Waals surface area contributed by atoms with Gasteiger partial charge in [0, 0.05) is 6.20 Å². The number of hydrogen-bond donors (Lipinski definition) is 0. The third-order valence-corrected chi connectivity index (χ3v) is 5.73. The number of fused-ring (bicyclic) bond motifs is 1.